The van der Waals surface area contributed by atoms with E-state index >= 15 is 0 Å². The molecule has 0 aliphatic heterocycles. The third-order valence-electron chi connectivity index (χ3n) is 8.76. The Balaban J connectivity index is 1.46. The van der Waals surface area contributed by atoms with Gasteiger partial charge in [-0.1, -0.05) is 97.1 Å². The first-order valence-corrected chi connectivity index (χ1v) is 15.6. The number of para-hydroxylation sites is 1. The number of aromatic nitrogens is 1. The fourth-order valence-corrected chi connectivity index (χ4v) is 9.78. The molecular formula is C38H21NS2. The molecule has 3 heterocycles. The van der Waals surface area contributed by atoms with Crippen molar-refractivity contribution < 1.29 is 0 Å². The molecule has 10 aromatic rings. The molecule has 10 rings (SSSR count). The van der Waals surface area contributed by atoms with Crippen LogP contribution in [0.5, 0.6) is 0 Å². The molecule has 0 N–H and O–H groups in total. The number of benzene rings is 7. The molecule has 0 amide bonds. The van der Waals surface area contributed by atoms with Crippen molar-refractivity contribution in [1.82, 2.24) is 4.57 Å². The Morgan fingerprint density at radius 3 is 1.66 bits per heavy atom. The molecule has 0 atom stereocenters. The van der Waals surface area contributed by atoms with Crippen LogP contribution in [-0.2, 0) is 0 Å². The van der Waals surface area contributed by atoms with E-state index in [-0.39, 0.29) is 0 Å². The molecular weight excluding hydrogens is 535 g/mol. The van der Waals surface area contributed by atoms with Gasteiger partial charge in [0.05, 0.1) is 25.1 Å². The van der Waals surface area contributed by atoms with Crippen LogP contribution in [0.4, 0.5) is 0 Å². The lowest BCUT2D eigenvalue weighted by atomic mass is 9.93. The molecule has 0 saturated carbocycles. The number of thiophene rings is 2. The van der Waals surface area contributed by atoms with E-state index in [0.717, 1.165) is 0 Å². The first-order valence-electron chi connectivity index (χ1n) is 13.9. The maximum atomic E-state index is 2.51. The van der Waals surface area contributed by atoms with Gasteiger partial charge in [0.1, 0.15) is 0 Å². The van der Waals surface area contributed by atoms with Crippen LogP contribution >= 0.6 is 22.7 Å². The van der Waals surface area contributed by atoms with Crippen molar-refractivity contribution in [3.63, 3.8) is 0 Å². The fourth-order valence-electron chi connectivity index (χ4n) is 7.00. The van der Waals surface area contributed by atoms with E-state index in [1.165, 1.54) is 89.4 Å². The minimum Gasteiger partial charge on any atom is -0.308 e. The smallest absolute Gasteiger partial charge is 0.0720 e. The van der Waals surface area contributed by atoms with Gasteiger partial charge in [0.25, 0.3) is 0 Å². The first-order chi connectivity index (χ1) is 20.3. The van der Waals surface area contributed by atoms with E-state index in [0.29, 0.717) is 0 Å². The normalized spacial score (nSPS) is 12.4. The topological polar surface area (TPSA) is 4.93 Å². The average Bonchev–Trinajstić information content (AvgIpc) is 3.69. The minimum absolute atomic E-state index is 1.20. The largest absolute Gasteiger partial charge is 0.308 e. The first kappa shape index (κ1) is 22.0. The van der Waals surface area contributed by atoms with Crippen LogP contribution in [0.3, 0.4) is 0 Å². The molecule has 7 aromatic carbocycles. The van der Waals surface area contributed by atoms with Crippen molar-refractivity contribution in [2.24, 2.45) is 0 Å². The highest BCUT2D eigenvalue weighted by atomic mass is 32.1. The summed E-state index contributed by atoms with van der Waals surface area (Å²) in [5.41, 5.74) is 3.77. The second-order valence-electron chi connectivity index (χ2n) is 10.9. The molecule has 0 fully saturated rings. The lowest BCUT2D eigenvalue weighted by Crippen LogP contribution is -1.93. The minimum atomic E-state index is 1.20. The van der Waals surface area contributed by atoms with Gasteiger partial charge in [-0.25, -0.2) is 0 Å². The molecule has 0 bridgehead atoms. The summed E-state index contributed by atoms with van der Waals surface area (Å²) >= 11 is 3.87. The summed E-state index contributed by atoms with van der Waals surface area (Å²) < 4.78 is 8.05. The van der Waals surface area contributed by atoms with Crippen LogP contribution in [0.15, 0.2) is 127 Å². The lowest BCUT2D eigenvalue weighted by molar-refractivity contribution is 1.19. The van der Waals surface area contributed by atoms with Gasteiger partial charge in [-0.15, -0.1) is 22.7 Å². The molecule has 190 valence electrons. The molecule has 0 spiro atoms. The molecule has 0 radical (unpaired) electrons. The Morgan fingerprint density at radius 1 is 0.366 bits per heavy atom. The van der Waals surface area contributed by atoms with Crippen molar-refractivity contribution in [2.45, 2.75) is 0 Å². The SMILES string of the molecule is c1ccc(-n2c3cc4c5ccccc5c5ccccc5c4cc3c3ccc4c5sc6ccccc6c5sc4c32)cc1. The van der Waals surface area contributed by atoms with Crippen LogP contribution in [0.25, 0.3) is 89.4 Å². The Bertz CT molecular complexity index is 2690. The molecule has 0 aliphatic rings. The average molecular weight is 556 g/mol. The summed E-state index contributed by atoms with van der Waals surface area (Å²) in [6.45, 7) is 0. The van der Waals surface area contributed by atoms with Crippen molar-refractivity contribution >= 4 is 106 Å². The van der Waals surface area contributed by atoms with Gasteiger partial charge in [-0.3, -0.25) is 0 Å². The van der Waals surface area contributed by atoms with Gasteiger partial charge < -0.3 is 4.57 Å². The van der Waals surface area contributed by atoms with Crippen LogP contribution in [0.1, 0.15) is 0 Å². The molecule has 3 aromatic heterocycles. The molecule has 0 aliphatic carbocycles. The predicted molar refractivity (Wildman–Crippen MR) is 182 cm³/mol. The van der Waals surface area contributed by atoms with E-state index in [2.05, 4.69) is 132 Å². The third kappa shape index (κ3) is 2.84. The van der Waals surface area contributed by atoms with Gasteiger partial charge >= 0.3 is 0 Å². The Labute approximate surface area is 243 Å². The van der Waals surface area contributed by atoms with Crippen LogP contribution in [0, 0.1) is 0 Å². The lowest BCUT2D eigenvalue weighted by Gasteiger charge is -2.12. The van der Waals surface area contributed by atoms with Gasteiger partial charge in [-0.05, 0) is 62.6 Å². The summed E-state index contributed by atoms with van der Waals surface area (Å²) in [4.78, 5) is 0. The van der Waals surface area contributed by atoms with Gasteiger partial charge in [0.2, 0.25) is 0 Å². The van der Waals surface area contributed by atoms with E-state index in [1.807, 2.05) is 22.7 Å². The Morgan fingerprint density at radius 2 is 0.927 bits per heavy atom. The molecule has 1 nitrogen and oxygen atoms in total. The zero-order valence-electron chi connectivity index (χ0n) is 21.9. The van der Waals surface area contributed by atoms with Crippen molar-refractivity contribution in [3.8, 4) is 5.69 Å². The Hall–Kier alpha value is -4.70. The number of hydrogen-bond acceptors (Lipinski definition) is 2. The van der Waals surface area contributed by atoms with E-state index in [9.17, 15) is 0 Å². The fraction of sp³-hybridized carbons (Fsp3) is 0. The molecule has 3 heteroatoms. The highest BCUT2D eigenvalue weighted by Crippen LogP contribution is 2.49. The number of nitrogens with zero attached hydrogens (tertiary/aromatic N) is 1. The van der Waals surface area contributed by atoms with Crippen LogP contribution < -0.4 is 0 Å². The highest BCUT2D eigenvalue weighted by molar-refractivity contribution is 7.37. The van der Waals surface area contributed by atoms with Crippen LogP contribution in [-0.4, -0.2) is 4.57 Å². The van der Waals surface area contributed by atoms with Gasteiger partial charge in [0.15, 0.2) is 0 Å². The summed E-state index contributed by atoms with van der Waals surface area (Å²) in [7, 11) is 0. The van der Waals surface area contributed by atoms with Crippen molar-refractivity contribution in [2.75, 3.05) is 0 Å². The van der Waals surface area contributed by atoms with Crippen molar-refractivity contribution in [3.05, 3.63) is 127 Å². The zero-order valence-corrected chi connectivity index (χ0v) is 23.5. The third-order valence-corrected chi connectivity index (χ3v) is 11.3. The Kier molecular flexibility index (Phi) is 4.27. The summed E-state index contributed by atoms with van der Waals surface area (Å²) in [6.07, 6.45) is 0. The second kappa shape index (κ2) is 7.94. The van der Waals surface area contributed by atoms with E-state index in [4.69, 9.17) is 0 Å². The van der Waals surface area contributed by atoms with Gasteiger partial charge in [-0.2, -0.15) is 0 Å². The second-order valence-corrected chi connectivity index (χ2v) is 12.9. The van der Waals surface area contributed by atoms with Crippen molar-refractivity contribution in [1.29, 1.82) is 0 Å². The molecule has 0 unspecified atom stereocenters. The van der Waals surface area contributed by atoms with Gasteiger partial charge in [0, 0.05) is 31.9 Å². The zero-order chi connectivity index (χ0) is 26.7. The quantitative estimate of drug-likeness (QED) is 0.178. The standard InChI is InChI=1S/C38H21NS2/c1-2-10-22(11-3-1)39-33-21-31-26-15-7-5-13-24(26)23-12-4-6-14-25(23)30(31)20-32(33)27-18-19-29-36(35(27)39)41-37-28-16-8-9-17-34(28)40-38(29)37/h1-21H. The highest BCUT2D eigenvalue weighted by Gasteiger charge is 2.21. The monoisotopic (exact) mass is 555 g/mol. The summed E-state index contributed by atoms with van der Waals surface area (Å²) in [5, 5.41) is 13.2. The van der Waals surface area contributed by atoms with Crippen LogP contribution in [0.2, 0.25) is 0 Å². The number of hydrogen-bond donors (Lipinski definition) is 0. The predicted octanol–water partition coefficient (Wildman–Crippen LogP) is 11.8. The summed E-state index contributed by atoms with van der Waals surface area (Å²) in [6, 6.07) is 47.1. The van der Waals surface area contributed by atoms with E-state index < -0.39 is 0 Å². The maximum Gasteiger partial charge on any atom is 0.0720 e. The summed E-state index contributed by atoms with van der Waals surface area (Å²) in [5.74, 6) is 0. The molecule has 41 heavy (non-hydrogen) atoms. The number of rotatable bonds is 1. The maximum absolute atomic E-state index is 2.51. The number of fused-ring (bicyclic) bond motifs is 15. The van der Waals surface area contributed by atoms with E-state index in [1.54, 1.807) is 0 Å². The molecule has 0 saturated heterocycles.